The van der Waals surface area contributed by atoms with E-state index in [1.807, 2.05) is 4.68 Å². The molecule has 0 saturated carbocycles. The zero-order chi connectivity index (χ0) is 11.4. The first kappa shape index (κ1) is 11.6. The lowest BCUT2D eigenvalue weighted by Crippen LogP contribution is -2.32. The van der Waals surface area contributed by atoms with Gasteiger partial charge in [-0.2, -0.15) is 5.10 Å². The molecule has 0 amide bonds. The zero-order valence-electron chi connectivity index (χ0n) is 10.3. The summed E-state index contributed by atoms with van der Waals surface area (Å²) in [6.07, 6.45) is 6.58. The fourth-order valence-electron chi connectivity index (χ4n) is 2.37. The van der Waals surface area contributed by atoms with Gasteiger partial charge in [-0.1, -0.05) is 26.7 Å². The van der Waals surface area contributed by atoms with Gasteiger partial charge in [0.05, 0.1) is 6.04 Å². The maximum absolute atomic E-state index is 4.36. The van der Waals surface area contributed by atoms with Crippen molar-refractivity contribution in [2.75, 3.05) is 6.54 Å². The van der Waals surface area contributed by atoms with Crippen LogP contribution in [0.25, 0.3) is 0 Å². The van der Waals surface area contributed by atoms with Gasteiger partial charge in [0.25, 0.3) is 0 Å². The second-order valence-corrected chi connectivity index (χ2v) is 4.63. The first-order valence-electron chi connectivity index (χ1n) is 6.46. The van der Waals surface area contributed by atoms with Gasteiger partial charge in [0.2, 0.25) is 0 Å². The third kappa shape index (κ3) is 2.43. The summed E-state index contributed by atoms with van der Waals surface area (Å²) in [5.41, 5.74) is 0. The highest BCUT2D eigenvalue weighted by Gasteiger charge is 2.22. The fourth-order valence-corrected chi connectivity index (χ4v) is 2.37. The largest absolute Gasteiger partial charge is 0.307 e. The van der Waals surface area contributed by atoms with E-state index in [9.17, 15) is 0 Å². The van der Waals surface area contributed by atoms with Gasteiger partial charge in [0.1, 0.15) is 12.2 Å². The maximum Gasteiger partial charge on any atom is 0.143 e. The van der Waals surface area contributed by atoms with Crippen LogP contribution in [0.4, 0.5) is 0 Å². The van der Waals surface area contributed by atoms with E-state index >= 15 is 0 Å². The van der Waals surface area contributed by atoms with Crippen molar-refractivity contribution in [1.29, 1.82) is 0 Å². The number of nitrogens with zero attached hydrogens (tertiary/aromatic N) is 3. The average molecular weight is 222 g/mol. The van der Waals surface area contributed by atoms with Crippen molar-refractivity contribution in [2.45, 2.75) is 52.1 Å². The van der Waals surface area contributed by atoms with Crippen LogP contribution in [-0.2, 0) is 6.54 Å². The molecule has 1 aromatic rings. The molecule has 1 atom stereocenters. The molecule has 1 aliphatic rings. The Kier molecular flexibility index (Phi) is 3.93. The third-order valence-electron chi connectivity index (χ3n) is 3.63. The molecule has 90 valence electrons. The van der Waals surface area contributed by atoms with Crippen LogP contribution in [0.2, 0.25) is 0 Å². The van der Waals surface area contributed by atoms with Gasteiger partial charge in [0.15, 0.2) is 0 Å². The first-order chi connectivity index (χ1) is 7.85. The number of aromatic nitrogens is 3. The lowest BCUT2D eigenvalue weighted by molar-refractivity contribution is 0.337. The van der Waals surface area contributed by atoms with Crippen molar-refractivity contribution in [3.05, 3.63) is 12.2 Å². The quantitative estimate of drug-likeness (QED) is 0.830. The molecule has 0 fully saturated rings. The van der Waals surface area contributed by atoms with Gasteiger partial charge in [0, 0.05) is 6.54 Å². The highest BCUT2D eigenvalue weighted by molar-refractivity contribution is 4.97. The Morgan fingerprint density at radius 1 is 1.50 bits per heavy atom. The SMILES string of the molecule is CCC(CC)CN[C@H]1CCCn2ncnc21. The zero-order valence-corrected chi connectivity index (χ0v) is 10.3. The summed E-state index contributed by atoms with van der Waals surface area (Å²) in [6.45, 7) is 6.65. The summed E-state index contributed by atoms with van der Waals surface area (Å²) in [4.78, 5) is 4.36. The van der Waals surface area contributed by atoms with E-state index < -0.39 is 0 Å². The summed E-state index contributed by atoms with van der Waals surface area (Å²) in [7, 11) is 0. The molecule has 0 spiro atoms. The molecule has 16 heavy (non-hydrogen) atoms. The number of hydrogen-bond acceptors (Lipinski definition) is 3. The van der Waals surface area contributed by atoms with Gasteiger partial charge in [-0.15, -0.1) is 0 Å². The topological polar surface area (TPSA) is 42.7 Å². The summed E-state index contributed by atoms with van der Waals surface area (Å²) in [6, 6.07) is 0.414. The van der Waals surface area contributed by atoms with Gasteiger partial charge in [-0.3, -0.25) is 0 Å². The van der Waals surface area contributed by atoms with E-state index in [1.54, 1.807) is 6.33 Å². The molecule has 2 rings (SSSR count). The second-order valence-electron chi connectivity index (χ2n) is 4.63. The molecule has 0 unspecified atom stereocenters. The molecule has 1 N–H and O–H groups in total. The maximum atomic E-state index is 4.36. The van der Waals surface area contributed by atoms with E-state index in [0.29, 0.717) is 6.04 Å². The Balaban J connectivity index is 1.92. The predicted molar refractivity (Wildman–Crippen MR) is 64.1 cm³/mol. The Morgan fingerprint density at radius 3 is 3.06 bits per heavy atom. The van der Waals surface area contributed by atoms with E-state index in [2.05, 4.69) is 29.2 Å². The molecular formula is C12H22N4. The molecule has 1 aliphatic heterocycles. The molecule has 0 saturated heterocycles. The molecule has 4 heteroatoms. The van der Waals surface area contributed by atoms with Crippen LogP contribution in [-0.4, -0.2) is 21.3 Å². The van der Waals surface area contributed by atoms with E-state index in [0.717, 1.165) is 24.8 Å². The molecule has 1 aromatic heterocycles. The second kappa shape index (κ2) is 5.43. The molecule has 0 bridgehead atoms. The number of nitrogens with one attached hydrogen (secondary N) is 1. The highest BCUT2D eigenvalue weighted by Crippen LogP contribution is 2.22. The molecule has 2 heterocycles. The van der Waals surface area contributed by atoms with Crippen molar-refractivity contribution < 1.29 is 0 Å². The molecular weight excluding hydrogens is 200 g/mol. The summed E-state index contributed by atoms with van der Waals surface area (Å²) in [5.74, 6) is 1.91. The number of hydrogen-bond donors (Lipinski definition) is 1. The normalized spacial score (nSPS) is 20.1. The van der Waals surface area contributed by atoms with Gasteiger partial charge in [-0.05, 0) is 25.3 Å². The summed E-state index contributed by atoms with van der Waals surface area (Å²) in [5, 5.41) is 7.88. The van der Waals surface area contributed by atoms with E-state index in [4.69, 9.17) is 0 Å². The third-order valence-corrected chi connectivity index (χ3v) is 3.63. The van der Waals surface area contributed by atoms with Crippen molar-refractivity contribution in [1.82, 2.24) is 20.1 Å². The molecule has 0 aliphatic carbocycles. The summed E-state index contributed by atoms with van der Waals surface area (Å²) < 4.78 is 2.04. The van der Waals surface area contributed by atoms with Gasteiger partial charge in [-0.25, -0.2) is 9.67 Å². The predicted octanol–water partition coefficient (Wildman–Crippen LogP) is 2.14. The van der Waals surface area contributed by atoms with Crippen LogP contribution in [0, 0.1) is 5.92 Å². The smallest absolute Gasteiger partial charge is 0.143 e. The molecule has 0 aromatic carbocycles. The minimum absolute atomic E-state index is 0.414. The number of aryl methyl sites for hydroxylation is 1. The van der Waals surface area contributed by atoms with Gasteiger partial charge < -0.3 is 5.32 Å². The van der Waals surface area contributed by atoms with Crippen molar-refractivity contribution in [3.63, 3.8) is 0 Å². The highest BCUT2D eigenvalue weighted by atomic mass is 15.3. The van der Waals surface area contributed by atoms with E-state index in [-0.39, 0.29) is 0 Å². The Morgan fingerprint density at radius 2 is 2.31 bits per heavy atom. The van der Waals surface area contributed by atoms with Crippen molar-refractivity contribution >= 4 is 0 Å². The van der Waals surface area contributed by atoms with Crippen LogP contribution in [0.15, 0.2) is 6.33 Å². The monoisotopic (exact) mass is 222 g/mol. The average Bonchev–Trinajstić information content (AvgIpc) is 2.79. The van der Waals surface area contributed by atoms with Crippen LogP contribution >= 0.6 is 0 Å². The Hall–Kier alpha value is -0.900. The Bertz CT molecular complexity index is 317. The van der Waals surface area contributed by atoms with Crippen LogP contribution < -0.4 is 5.32 Å². The van der Waals surface area contributed by atoms with Crippen LogP contribution in [0.3, 0.4) is 0 Å². The first-order valence-corrected chi connectivity index (χ1v) is 6.46. The number of fused-ring (bicyclic) bond motifs is 1. The minimum atomic E-state index is 0.414. The number of rotatable bonds is 5. The molecule has 0 radical (unpaired) electrons. The summed E-state index contributed by atoms with van der Waals surface area (Å²) >= 11 is 0. The Labute approximate surface area is 97.5 Å². The van der Waals surface area contributed by atoms with Gasteiger partial charge >= 0.3 is 0 Å². The van der Waals surface area contributed by atoms with Crippen molar-refractivity contribution in [3.8, 4) is 0 Å². The lowest BCUT2D eigenvalue weighted by atomic mass is 10.0. The van der Waals surface area contributed by atoms with Crippen LogP contribution in [0.1, 0.15) is 51.4 Å². The standard InChI is InChI=1S/C12H22N4/c1-3-10(4-2)8-13-11-6-5-7-16-12(11)14-9-15-16/h9-11,13H,3-8H2,1-2H3/t11-/m0/s1. The lowest BCUT2D eigenvalue weighted by Gasteiger charge is -2.25. The molecule has 4 nitrogen and oxygen atoms in total. The van der Waals surface area contributed by atoms with Crippen LogP contribution in [0.5, 0.6) is 0 Å². The van der Waals surface area contributed by atoms with Crippen molar-refractivity contribution in [2.24, 2.45) is 5.92 Å². The minimum Gasteiger partial charge on any atom is -0.307 e. The fraction of sp³-hybridized carbons (Fsp3) is 0.833. The van der Waals surface area contributed by atoms with E-state index in [1.165, 1.54) is 25.7 Å².